The van der Waals surface area contributed by atoms with Gasteiger partial charge in [0.2, 0.25) is 11.8 Å². The van der Waals surface area contributed by atoms with Crippen LogP contribution >= 0.6 is 0 Å². The second kappa shape index (κ2) is 8.77. The Balaban J connectivity index is 1.54. The summed E-state index contributed by atoms with van der Waals surface area (Å²) in [5.41, 5.74) is 2.07. The van der Waals surface area contributed by atoms with Crippen molar-refractivity contribution in [2.45, 2.75) is 19.8 Å². The number of nitrogens with one attached hydrogen (secondary N) is 2. The fourth-order valence-corrected chi connectivity index (χ4v) is 3.30. The van der Waals surface area contributed by atoms with Gasteiger partial charge in [-0.05, 0) is 56.1 Å². The largest absolute Gasteiger partial charge is 0.326 e. The number of piperidine rings is 1. The lowest BCUT2D eigenvalue weighted by Gasteiger charge is -2.31. The molecule has 2 amide bonds. The molecule has 1 fully saturated rings. The molecule has 0 bridgehead atoms. The molecule has 5 nitrogen and oxygen atoms in total. The molecule has 1 heterocycles. The van der Waals surface area contributed by atoms with Gasteiger partial charge in [-0.3, -0.25) is 14.5 Å². The minimum atomic E-state index is -0.383. The molecule has 2 aromatic rings. The molecule has 27 heavy (non-hydrogen) atoms. The van der Waals surface area contributed by atoms with Crippen molar-refractivity contribution in [3.63, 3.8) is 0 Å². The van der Waals surface area contributed by atoms with Crippen molar-refractivity contribution in [3.05, 3.63) is 59.9 Å². The number of para-hydroxylation sites is 1. The van der Waals surface area contributed by atoms with E-state index < -0.39 is 0 Å². The molecule has 0 saturated carbocycles. The third kappa shape index (κ3) is 5.37. The third-order valence-electron chi connectivity index (χ3n) is 4.76. The second-order valence-corrected chi connectivity index (χ2v) is 6.94. The van der Waals surface area contributed by atoms with Crippen molar-refractivity contribution in [1.29, 1.82) is 0 Å². The summed E-state index contributed by atoms with van der Waals surface area (Å²) in [6.07, 6.45) is 1.67. The van der Waals surface area contributed by atoms with Gasteiger partial charge in [-0.2, -0.15) is 0 Å². The van der Waals surface area contributed by atoms with E-state index in [1.165, 1.54) is 12.1 Å². The molecule has 0 aliphatic carbocycles. The maximum atomic E-state index is 13.4. The van der Waals surface area contributed by atoms with Crippen LogP contribution in [0.4, 0.5) is 15.8 Å². The first-order chi connectivity index (χ1) is 13.0. The van der Waals surface area contributed by atoms with Crippen LogP contribution in [0, 0.1) is 18.7 Å². The molecule has 0 radical (unpaired) electrons. The maximum absolute atomic E-state index is 13.4. The molecule has 3 rings (SSSR count). The number of hydrogen-bond acceptors (Lipinski definition) is 3. The number of hydrogen-bond donors (Lipinski definition) is 2. The first-order valence-corrected chi connectivity index (χ1v) is 9.15. The Morgan fingerprint density at radius 1 is 1.15 bits per heavy atom. The molecule has 2 N–H and O–H groups in total. The Morgan fingerprint density at radius 3 is 2.70 bits per heavy atom. The van der Waals surface area contributed by atoms with E-state index in [4.69, 9.17) is 0 Å². The lowest BCUT2D eigenvalue weighted by molar-refractivity contribution is -0.123. The van der Waals surface area contributed by atoms with Gasteiger partial charge in [-0.25, -0.2) is 4.39 Å². The van der Waals surface area contributed by atoms with E-state index in [9.17, 15) is 14.0 Å². The number of halogens is 1. The molecular weight excluding hydrogens is 345 g/mol. The zero-order valence-electron chi connectivity index (χ0n) is 15.4. The molecule has 1 aliphatic heterocycles. The molecule has 1 atom stereocenters. The summed E-state index contributed by atoms with van der Waals surface area (Å²) in [4.78, 5) is 26.8. The van der Waals surface area contributed by atoms with Crippen LogP contribution in [0.25, 0.3) is 0 Å². The maximum Gasteiger partial charge on any atom is 0.238 e. The highest BCUT2D eigenvalue weighted by molar-refractivity contribution is 5.94. The van der Waals surface area contributed by atoms with Gasteiger partial charge < -0.3 is 10.6 Å². The van der Waals surface area contributed by atoms with Crippen molar-refractivity contribution in [2.24, 2.45) is 5.92 Å². The molecule has 1 unspecified atom stereocenters. The number of amides is 2. The van der Waals surface area contributed by atoms with Gasteiger partial charge in [0.1, 0.15) is 5.82 Å². The monoisotopic (exact) mass is 369 g/mol. The Labute approximate surface area is 158 Å². The van der Waals surface area contributed by atoms with E-state index in [-0.39, 0.29) is 30.1 Å². The third-order valence-corrected chi connectivity index (χ3v) is 4.76. The van der Waals surface area contributed by atoms with Gasteiger partial charge in [0.25, 0.3) is 0 Å². The Kier molecular flexibility index (Phi) is 6.19. The molecule has 6 heteroatoms. The number of aryl methyl sites for hydroxylation is 1. The number of carbonyl (C=O) groups excluding carboxylic acids is 2. The van der Waals surface area contributed by atoms with Gasteiger partial charge >= 0.3 is 0 Å². The minimum Gasteiger partial charge on any atom is -0.326 e. The van der Waals surface area contributed by atoms with Crippen molar-refractivity contribution < 1.29 is 14.0 Å². The van der Waals surface area contributed by atoms with Crippen LogP contribution in [0.1, 0.15) is 18.4 Å². The van der Waals surface area contributed by atoms with E-state index in [0.717, 1.165) is 30.6 Å². The van der Waals surface area contributed by atoms with E-state index >= 15 is 0 Å². The van der Waals surface area contributed by atoms with Gasteiger partial charge in [0.15, 0.2) is 0 Å². The zero-order chi connectivity index (χ0) is 19.2. The zero-order valence-corrected chi connectivity index (χ0v) is 15.4. The van der Waals surface area contributed by atoms with Crippen LogP contribution in [0.5, 0.6) is 0 Å². The van der Waals surface area contributed by atoms with E-state index in [2.05, 4.69) is 10.6 Å². The molecule has 142 valence electrons. The summed E-state index contributed by atoms with van der Waals surface area (Å²) in [5, 5.41) is 5.69. The molecular formula is C21H24FN3O2. The van der Waals surface area contributed by atoms with Crippen molar-refractivity contribution in [3.8, 4) is 0 Å². The van der Waals surface area contributed by atoms with Crippen LogP contribution in [0.15, 0.2) is 48.5 Å². The molecule has 1 saturated heterocycles. The topological polar surface area (TPSA) is 61.4 Å². The number of likely N-dealkylation sites (tertiary alicyclic amines) is 1. The molecule has 2 aromatic carbocycles. The minimum absolute atomic E-state index is 0.0210. The SMILES string of the molecule is Cc1ccc(F)cc1NC(=O)CN1CCCC(C(=O)Nc2ccccc2)C1. The quantitative estimate of drug-likeness (QED) is 0.849. The average Bonchev–Trinajstić information content (AvgIpc) is 2.65. The molecule has 0 spiro atoms. The van der Waals surface area contributed by atoms with E-state index in [1.54, 1.807) is 6.07 Å². The number of anilines is 2. The number of benzene rings is 2. The molecule has 1 aliphatic rings. The van der Waals surface area contributed by atoms with Gasteiger partial charge in [0, 0.05) is 17.9 Å². The second-order valence-electron chi connectivity index (χ2n) is 6.94. The summed E-state index contributed by atoms with van der Waals surface area (Å²) in [6, 6.07) is 13.7. The Bertz CT molecular complexity index is 810. The number of nitrogens with zero attached hydrogens (tertiary/aromatic N) is 1. The first-order valence-electron chi connectivity index (χ1n) is 9.15. The van der Waals surface area contributed by atoms with Crippen LogP contribution in [0.3, 0.4) is 0 Å². The summed E-state index contributed by atoms with van der Waals surface area (Å²) in [6.45, 7) is 3.31. The Morgan fingerprint density at radius 2 is 1.93 bits per heavy atom. The smallest absolute Gasteiger partial charge is 0.238 e. The van der Waals surface area contributed by atoms with Gasteiger partial charge in [0.05, 0.1) is 12.5 Å². The predicted octanol–water partition coefficient (Wildman–Crippen LogP) is 3.42. The summed E-state index contributed by atoms with van der Waals surface area (Å²) >= 11 is 0. The van der Waals surface area contributed by atoms with Crippen molar-refractivity contribution in [2.75, 3.05) is 30.3 Å². The van der Waals surface area contributed by atoms with Crippen LogP contribution in [0.2, 0.25) is 0 Å². The fraction of sp³-hybridized carbons (Fsp3) is 0.333. The van der Waals surface area contributed by atoms with Crippen molar-refractivity contribution >= 4 is 23.2 Å². The normalized spacial score (nSPS) is 17.3. The predicted molar refractivity (Wildman–Crippen MR) is 104 cm³/mol. The van der Waals surface area contributed by atoms with Gasteiger partial charge in [-0.1, -0.05) is 24.3 Å². The highest BCUT2D eigenvalue weighted by Crippen LogP contribution is 2.20. The summed E-state index contributed by atoms with van der Waals surface area (Å²) in [5.74, 6) is -0.755. The first kappa shape index (κ1) is 19.0. The number of carbonyl (C=O) groups is 2. The van der Waals surface area contributed by atoms with Crippen LogP contribution in [-0.4, -0.2) is 36.3 Å². The average molecular weight is 369 g/mol. The van der Waals surface area contributed by atoms with Crippen molar-refractivity contribution in [1.82, 2.24) is 4.90 Å². The fourth-order valence-electron chi connectivity index (χ4n) is 3.30. The highest BCUT2D eigenvalue weighted by atomic mass is 19.1. The Hall–Kier alpha value is -2.73. The number of rotatable bonds is 5. The molecule has 0 aromatic heterocycles. The lowest BCUT2D eigenvalue weighted by Crippen LogP contribution is -2.44. The summed E-state index contributed by atoms with van der Waals surface area (Å²) in [7, 11) is 0. The van der Waals surface area contributed by atoms with Crippen LogP contribution in [-0.2, 0) is 9.59 Å². The van der Waals surface area contributed by atoms with Crippen LogP contribution < -0.4 is 10.6 Å². The lowest BCUT2D eigenvalue weighted by atomic mass is 9.97. The highest BCUT2D eigenvalue weighted by Gasteiger charge is 2.27. The summed E-state index contributed by atoms with van der Waals surface area (Å²) < 4.78 is 13.4. The standard InChI is InChI=1S/C21H24FN3O2/c1-15-9-10-17(22)12-19(15)24-20(26)14-25-11-5-6-16(13-25)21(27)23-18-7-3-2-4-8-18/h2-4,7-10,12,16H,5-6,11,13-14H2,1H3,(H,23,27)(H,24,26). The van der Waals surface area contributed by atoms with E-state index in [1.807, 2.05) is 42.2 Å². The van der Waals surface area contributed by atoms with Gasteiger partial charge in [-0.15, -0.1) is 0 Å². The van der Waals surface area contributed by atoms with E-state index in [0.29, 0.717) is 12.2 Å².